The highest BCUT2D eigenvalue weighted by molar-refractivity contribution is 7.99. The Labute approximate surface area is 94.8 Å². The highest BCUT2D eigenvalue weighted by Crippen LogP contribution is 2.20. The molecule has 0 spiro atoms. The maximum atomic E-state index is 10.9. The van der Waals surface area contributed by atoms with Gasteiger partial charge in [0.1, 0.15) is 6.04 Å². The Balaban J connectivity index is 2.05. The normalized spacial score (nSPS) is 17.7. The molecule has 4 nitrogen and oxygen atoms in total. The van der Waals surface area contributed by atoms with Crippen molar-refractivity contribution in [1.29, 1.82) is 0 Å². The Morgan fingerprint density at radius 3 is 2.93 bits per heavy atom. The van der Waals surface area contributed by atoms with Crippen molar-refractivity contribution in [3.63, 3.8) is 0 Å². The summed E-state index contributed by atoms with van der Waals surface area (Å²) in [5.41, 5.74) is 0. The topological polar surface area (TPSA) is 58.6 Å². The summed E-state index contributed by atoms with van der Waals surface area (Å²) in [6, 6.07) is 0.0655. The molecule has 5 heteroatoms. The molecule has 1 unspecified atom stereocenters. The fourth-order valence-electron chi connectivity index (χ4n) is 1.23. The molecule has 1 rings (SSSR count). The molecule has 0 saturated heterocycles. The van der Waals surface area contributed by atoms with Gasteiger partial charge in [-0.1, -0.05) is 0 Å². The van der Waals surface area contributed by atoms with Crippen LogP contribution in [-0.4, -0.2) is 48.4 Å². The molecule has 0 radical (unpaired) electrons. The van der Waals surface area contributed by atoms with Crippen molar-refractivity contribution in [1.82, 2.24) is 5.32 Å². The largest absolute Gasteiger partial charge is 0.480 e. The van der Waals surface area contributed by atoms with Crippen molar-refractivity contribution in [2.45, 2.75) is 31.3 Å². The van der Waals surface area contributed by atoms with Crippen LogP contribution in [0.15, 0.2) is 0 Å². The molecule has 1 aliphatic rings. The van der Waals surface area contributed by atoms with Gasteiger partial charge in [0.15, 0.2) is 0 Å². The number of hydrogen-bond donors (Lipinski definition) is 2. The Morgan fingerprint density at radius 2 is 2.40 bits per heavy atom. The highest BCUT2D eigenvalue weighted by atomic mass is 32.2. The fraction of sp³-hybridized carbons (Fsp3) is 0.900. The number of nitrogens with one attached hydrogen (secondary N) is 1. The number of carboxylic acids is 1. The standard InChI is InChI=1S/C10H19NO3S/c1-14-5-2-6-15-7-9(10(12)13)11-8-3-4-8/h8-9,11H,2-7H2,1H3,(H,12,13). The van der Waals surface area contributed by atoms with E-state index in [2.05, 4.69) is 5.32 Å². The van der Waals surface area contributed by atoms with Crippen molar-refractivity contribution >= 4 is 17.7 Å². The first-order valence-corrected chi connectivity index (χ1v) is 6.45. The van der Waals surface area contributed by atoms with Crippen LogP contribution in [0.2, 0.25) is 0 Å². The van der Waals surface area contributed by atoms with E-state index in [1.54, 1.807) is 18.9 Å². The van der Waals surface area contributed by atoms with Gasteiger partial charge in [-0.2, -0.15) is 11.8 Å². The average molecular weight is 233 g/mol. The van der Waals surface area contributed by atoms with Gasteiger partial charge in [-0.3, -0.25) is 4.79 Å². The number of methoxy groups -OCH3 is 1. The summed E-state index contributed by atoms with van der Waals surface area (Å²) in [5, 5.41) is 12.1. The van der Waals surface area contributed by atoms with Crippen molar-refractivity contribution < 1.29 is 14.6 Å². The number of hydrogen-bond acceptors (Lipinski definition) is 4. The van der Waals surface area contributed by atoms with E-state index in [4.69, 9.17) is 9.84 Å². The van der Waals surface area contributed by atoms with E-state index in [0.717, 1.165) is 31.6 Å². The third-order valence-corrected chi connectivity index (χ3v) is 3.38. The van der Waals surface area contributed by atoms with E-state index >= 15 is 0 Å². The van der Waals surface area contributed by atoms with E-state index in [1.807, 2.05) is 0 Å². The lowest BCUT2D eigenvalue weighted by molar-refractivity contribution is -0.138. The number of carboxylic acid groups (broad SMARTS) is 1. The van der Waals surface area contributed by atoms with Crippen LogP contribution in [0.25, 0.3) is 0 Å². The Hall–Kier alpha value is -0.260. The molecule has 1 fully saturated rings. The monoisotopic (exact) mass is 233 g/mol. The third kappa shape index (κ3) is 6.02. The quantitative estimate of drug-likeness (QED) is 0.581. The van der Waals surface area contributed by atoms with Gasteiger partial charge in [0.2, 0.25) is 0 Å². The van der Waals surface area contributed by atoms with Crippen LogP contribution >= 0.6 is 11.8 Å². The van der Waals surface area contributed by atoms with Gasteiger partial charge in [-0.25, -0.2) is 0 Å². The number of aliphatic carboxylic acids is 1. The molecule has 88 valence electrons. The number of ether oxygens (including phenoxy) is 1. The van der Waals surface area contributed by atoms with Crippen molar-refractivity contribution in [2.75, 3.05) is 25.2 Å². The van der Waals surface area contributed by atoms with Crippen molar-refractivity contribution in [2.24, 2.45) is 0 Å². The van der Waals surface area contributed by atoms with Crippen LogP contribution in [0.3, 0.4) is 0 Å². The first-order chi connectivity index (χ1) is 7.24. The van der Waals surface area contributed by atoms with Gasteiger partial charge in [-0.15, -0.1) is 0 Å². The van der Waals surface area contributed by atoms with Gasteiger partial charge in [0.05, 0.1) is 0 Å². The van der Waals surface area contributed by atoms with Crippen LogP contribution in [0, 0.1) is 0 Å². The van der Waals surface area contributed by atoms with Crippen LogP contribution in [0.1, 0.15) is 19.3 Å². The molecule has 1 saturated carbocycles. The SMILES string of the molecule is COCCCSCC(NC1CC1)C(=O)O. The minimum absolute atomic E-state index is 0.384. The first-order valence-electron chi connectivity index (χ1n) is 5.29. The zero-order chi connectivity index (χ0) is 11.1. The molecule has 0 amide bonds. The van der Waals surface area contributed by atoms with E-state index in [-0.39, 0.29) is 6.04 Å². The lowest BCUT2D eigenvalue weighted by Gasteiger charge is -2.13. The molecule has 0 aromatic heterocycles. The Morgan fingerprint density at radius 1 is 1.67 bits per heavy atom. The summed E-state index contributed by atoms with van der Waals surface area (Å²) in [4.78, 5) is 10.9. The average Bonchev–Trinajstić information content (AvgIpc) is 2.99. The van der Waals surface area contributed by atoms with Gasteiger partial charge in [0.25, 0.3) is 0 Å². The van der Waals surface area contributed by atoms with E-state index in [9.17, 15) is 4.79 Å². The lowest BCUT2D eigenvalue weighted by atomic mass is 10.3. The summed E-state index contributed by atoms with van der Waals surface area (Å²) >= 11 is 1.68. The Bertz CT molecular complexity index is 197. The summed E-state index contributed by atoms with van der Waals surface area (Å²) in [6.07, 6.45) is 3.23. The summed E-state index contributed by atoms with van der Waals surface area (Å²) in [6.45, 7) is 0.751. The maximum absolute atomic E-state index is 10.9. The molecule has 15 heavy (non-hydrogen) atoms. The molecule has 0 heterocycles. The summed E-state index contributed by atoms with van der Waals surface area (Å²) in [5.74, 6) is 0.876. The summed E-state index contributed by atoms with van der Waals surface area (Å²) < 4.78 is 4.93. The molecular formula is C10H19NO3S. The van der Waals surface area contributed by atoms with Crippen LogP contribution < -0.4 is 5.32 Å². The maximum Gasteiger partial charge on any atom is 0.321 e. The molecule has 0 bridgehead atoms. The molecule has 0 aromatic carbocycles. The third-order valence-electron chi connectivity index (χ3n) is 2.23. The minimum atomic E-state index is -0.735. The fourth-order valence-corrected chi connectivity index (χ4v) is 2.19. The molecule has 0 aromatic rings. The van der Waals surface area contributed by atoms with Crippen LogP contribution in [-0.2, 0) is 9.53 Å². The second-order valence-corrected chi connectivity index (χ2v) is 4.90. The smallest absolute Gasteiger partial charge is 0.321 e. The Kier molecular flexibility index (Phi) is 6.05. The zero-order valence-corrected chi connectivity index (χ0v) is 9.89. The van der Waals surface area contributed by atoms with Crippen molar-refractivity contribution in [3.8, 4) is 0 Å². The van der Waals surface area contributed by atoms with Crippen LogP contribution in [0.4, 0.5) is 0 Å². The van der Waals surface area contributed by atoms with E-state index in [0.29, 0.717) is 11.8 Å². The van der Waals surface area contributed by atoms with E-state index < -0.39 is 5.97 Å². The number of rotatable bonds is 9. The highest BCUT2D eigenvalue weighted by Gasteiger charge is 2.27. The summed E-state index contributed by atoms with van der Waals surface area (Å²) in [7, 11) is 1.68. The van der Waals surface area contributed by atoms with E-state index in [1.165, 1.54) is 0 Å². The first kappa shape index (κ1) is 12.8. The number of carbonyl (C=O) groups is 1. The number of thioether (sulfide) groups is 1. The molecular weight excluding hydrogens is 214 g/mol. The predicted molar refractivity (Wildman–Crippen MR) is 61.4 cm³/mol. The van der Waals surface area contributed by atoms with Crippen LogP contribution in [0.5, 0.6) is 0 Å². The predicted octanol–water partition coefficient (Wildman–Crippen LogP) is 0.961. The van der Waals surface area contributed by atoms with Gasteiger partial charge < -0.3 is 15.2 Å². The lowest BCUT2D eigenvalue weighted by Crippen LogP contribution is -2.40. The molecule has 1 atom stereocenters. The zero-order valence-electron chi connectivity index (χ0n) is 9.07. The molecule has 0 aliphatic heterocycles. The van der Waals surface area contributed by atoms with Gasteiger partial charge >= 0.3 is 5.97 Å². The second kappa shape index (κ2) is 7.09. The van der Waals surface area contributed by atoms with Gasteiger partial charge in [-0.05, 0) is 25.0 Å². The molecule has 2 N–H and O–H groups in total. The van der Waals surface area contributed by atoms with Gasteiger partial charge in [0, 0.05) is 25.5 Å². The second-order valence-electron chi connectivity index (χ2n) is 3.75. The minimum Gasteiger partial charge on any atom is -0.480 e. The molecule has 1 aliphatic carbocycles. The van der Waals surface area contributed by atoms with Crippen molar-refractivity contribution in [3.05, 3.63) is 0 Å².